The summed E-state index contributed by atoms with van der Waals surface area (Å²) >= 11 is 0. The van der Waals surface area contributed by atoms with Crippen molar-refractivity contribution in [2.24, 2.45) is 5.92 Å². The number of para-hydroxylation sites is 1. The zero-order chi connectivity index (χ0) is 20.8. The number of carbonyl (C=O) groups excluding carboxylic acids is 2. The molecule has 1 saturated heterocycles. The first-order valence-electron chi connectivity index (χ1n) is 9.40. The lowest BCUT2D eigenvalue weighted by molar-refractivity contribution is -0.385. The Morgan fingerprint density at radius 2 is 1.86 bits per heavy atom. The van der Waals surface area contributed by atoms with E-state index >= 15 is 0 Å². The number of hydrogen-bond acceptors (Lipinski definition) is 5. The van der Waals surface area contributed by atoms with Gasteiger partial charge in [0.25, 0.3) is 5.69 Å². The highest BCUT2D eigenvalue weighted by Crippen LogP contribution is 2.39. The highest BCUT2D eigenvalue weighted by molar-refractivity contribution is 5.87. The molecule has 150 valence electrons. The molecule has 1 heterocycles. The summed E-state index contributed by atoms with van der Waals surface area (Å²) in [5.41, 5.74) is 1.56. The van der Waals surface area contributed by atoms with Gasteiger partial charge in [-0.3, -0.25) is 19.7 Å². The van der Waals surface area contributed by atoms with Crippen LogP contribution in [0.2, 0.25) is 0 Å². The summed E-state index contributed by atoms with van der Waals surface area (Å²) in [4.78, 5) is 35.7. The molecule has 2 aromatic carbocycles. The number of piperidine rings is 1. The third kappa shape index (κ3) is 4.87. The first-order valence-corrected chi connectivity index (χ1v) is 9.40. The topological polar surface area (TPSA) is 98.5 Å². The van der Waals surface area contributed by atoms with Crippen LogP contribution >= 0.6 is 0 Å². The van der Waals surface area contributed by atoms with Crippen LogP contribution in [0, 0.1) is 16.0 Å². The molecule has 0 bridgehead atoms. The molecule has 2 aromatic rings. The number of carbonyl (C=O) groups is 2. The Balaban J connectivity index is 1.72. The van der Waals surface area contributed by atoms with Crippen LogP contribution in [0.3, 0.4) is 0 Å². The van der Waals surface area contributed by atoms with Crippen molar-refractivity contribution in [2.75, 3.05) is 6.61 Å². The molecule has 0 radical (unpaired) electrons. The second kappa shape index (κ2) is 9.14. The van der Waals surface area contributed by atoms with Gasteiger partial charge in [-0.2, -0.15) is 0 Å². The normalized spacial score (nSPS) is 18.8. The predicted octanol–water partition coefficient (Wildman–Crippen LogP) is 3.50. The minimum absolute atomic E-state index is 0.0480. The van der Waals surface area contributed by atoms with Crippen LogP contribution < -0.4 is 5.32 Å². The number of nitrogens with zero attached hydrogens (tertiary/aromatic N) is 1. The number of esters is 1. The zero-order valence-corrected chi connectivity index (χ0v) is 15.9. The molecule has 7 nitrogen and oxygen atoms in total. The lowest BCUT2D eigenvalue weighted by Crippen LogP contribution is -2.41. The average molecular weight is 394 g/mol. The molecule has 2 atom stereocenters. The number of aryl methyl sites for hydroxylation is 1. The van der Waals surface area contributed by atoms with Gasteiger partial charge < -0.3 is 10.1 Å². The molecule has 0 unspecified atom stereocenters. The number of nitro benzene ring substituents is 1. The van der Waals surface area contributed by atoms with Crippen LogP contribution in [-0.4, -0.2) is 23.4 Å². The quantitative estimate of drug-likeness (QED) is 0.335. The second-order valence-electron chi connectivity index (χ2n) is 6.93. The van der Waals surface area contributed by atoms with Gasteiger partial charge in [-0.1, -0.05) is 55.1 Å². The van der Waals surface area contributed by atoms with Gasteiger partial charge >= 0.3 is 5.97 Å². The summed E-state index contributed by atoms with van der Waals surface area (Å²) in [5.74, 6) is -2.43. The van der Waals surface area contributed by atoms with Crippen LogP contribution in [0.1, 0.15) is 29.9 Å². The van der Waals surface area contributed by atoms with Crippen LogP contribution in [0.25, 0.3) is 0 Å². The Bertz CT molecular complexity index is 926. The van der Waals surface area contributed by atoms with Crippen LogP contribution in [0.5, 0.6) is 0 Å². The largest absolute Gasteiger partial charge is 0.465 e. The fourth-order valence-corrected chi connectivity index (χ4v) is 3.62. The highest BCUT2D eigenvalue weighted by Gasteiger charge is 2.41. The van der Waals surface area contributed by atoms with Crippen LogP contribution in [0.4, 0.5) is 5.69 Å². The molecule has 1 fully saturated rings. The Morgan fingerprint density at radius 1 is 1.17 bits per heavy atom. The van der Waals surface area contributed by atoms with E-state index in [-0.39, 0.29) is 30.3 Å². The van der Waals surface area contributed by atoms with Crippen molar-refractivity contribution >= 4 is 17.6 Å². The van der Waals surface area contributed by atoms with E-state index in [0.29, 0.717) is 12.0 Å². The van der Waals surface area contributed by atoms with Crippen LogP contribution in [0.15, 0.2) is 66.9 Å². The third-order valence-corrected chi connectivity index (χ3v) is 4.97. The fraction of sp³-hybridized carbons (Fsp3) is 0.273. The van der Waals surface area contributed by atoms with Crippen molar-refractivity contribution in [3.63, 3.8) is 0 Å². The maximum atomic E-state index is 12.8. The smallest absolute Gasteiger partial charge is 0.315 e. The molecular formula is C22H22N2O5. The van der Waals surface area contributed by atoms with Gasteiger partial charge in [0.1, 0.15) is 5.92 Å². The van der Waals surface area contributed by atoms with E-state index < -0.39 is 22.7 Å². The van der Waals surface area contributed by atoms with Crippen molar-refractivity contribution in [2.45, 2.75) is 25.2 Å². The Morgan fingerprint density at radius 3 is 2.59 bits per heavy atom. The lowest BCUT2D eigenvalue weighted by atomic mass is 9.78. The molecule has 0 aliphatic carbocycles. The van der Waals surface area contributed by atoms with E-state index in [1.807, 2.05) is 30.3 Å². The molecule has 0 spiro atoms. The summed E-state index contributed by atoms with van der Waals surface area (Å²) in [6.07, 6.45) is 1.37. The van der Waals surface area contributed by atoms with Gasteiger partial charge in [-0.15, -0.1) is 0 Å². The molecule has 1 N–H and O–H groups in total. The number of rotatable bonds is 7. The van der Waals surface area contributed by atoms with E-state index in [1.54, 1.807) is 18.2 Å². The first kappa shape index (κ1) is 20.3. The van der Waals surface area contributed by atoms with Gasteiger partial charge in [0.05, 0.1) is 11.5 Å². The van der Waals surface area contributed by atoms with E-state index in [4.69, 9.17) is 4.74 Å². The summed E-state index contributed by atoms with van der Waals surface area (Å²) in [6.45, 7) is 4.01. The average Bonchev–Trinajstić information content (AvgIpc) is 2.71. The van der Waals surface area contributed by atoms with E-state index in [1.165, 1.54) is 6.07 Å². The van der Waals surface area contributed by atoms with Crippen LogP contribution in [-0.2, 0) is 20.7 Å². The van der Waals surface area contributed by atoms with Crippen molar-refractivity contribution in [3.05, 3.63) is 88.1 Å². The monoisotopic (exact) mass is 394 g/mol. The van der Waals surface area contributed by atoms with Gasteiger partial charge in [0.15, 0.2) is 0 Å². The van der Waals surface area contributed by atoms with Crippen molar-refractivity contribution < 1.29 is 19.2 Å². The SMILES string of the molecule is C=C1NC(=O)C[C@@H](c2ccccc2[N+](=O)[O-])[C@H]1C(=O)OCCCc1ccccc1. The summed E-state index contributed by atoms with van der Waals surface area (Å²) in [7, 11) is 0. The zero-order valence-electron chi connectivity index (χ0n) is 15.9. The molecule has 7 heteroatoms. The second-order valence-corrected chi connectivity index (χ2v) is 6.93. The molecule has 1 aliphatic heterocycles. The summed E-state index contributed by atoms with van der Waals surface area (Å²) in [5, 5.41) is 14.0. The van der Waals surface area contributed by atoms with Gasteiger partial charge in [0, 0.05) is 29.7 Å². The Labute approximate surface area is 168 Å². The van der Waals surface area contributed by atoms with E-state index in [2.05, 4.69) is 11.9 Å². The minimum Gasteiger partial charge on any atom is -0.465 e. The van der Waals surface area contributed by atoms with Crippen molar-refractivity contribution in [3.8, 4) is 0 Å². The molecule has 29 heavy (non-hydrogen) atoms. The number of ether oxygens (including phenoxy) is 1. The summed E-state index contributed by atoms with van der Waals surface area (Å²) in [6, 6.07) is 16.0. The summed E-state index contributed by atoms with van der Waals surface area (Å²) < 4.78 is 5.44. The maximum Gasteiger partial charge on any atom is 0.315 e. The minimum atomic E-state index is -0.870. The lowest BCUT2D eigenvalue weighted by Gasteiger charge is -2.31. The predicted molar refractivity (Wildman–Crippen MR) is 107 cm³/mol. The number of nitro groups is 1. The van der Waals surface area contributed by atoms with E-state index in [9.17, 15) is 19.7 Å². The number of benzene rings is 2. The fourth-order valence-electron chi connectivity index (χ4n) is 3.62. The van der Waals surface area contributed by atoms with E-state index in [0.717, 1.165) is 12.0 Å². The molecule has 3 rings (SSSR count). The first-order chi connectivity index (χ1) is 14.0. The van der Waals surface area contributed by atoms with Crippen molar-refractivity contribution in [1.29, 1.82) is 0 Å². The molecular weight excluding hydrogens is 372 g/mol. The molecule has 1 aliphatic rings. The number of hydrogen-bond donors (Lipinski definition) is 1. The molecule has 0 saturated carbocycles. The van der Waals surface area contributed by atoms with Gasteiger partial charge in [0.2, 0.25) is 5.91 Å². The van der Waals surface area contributed by atoms with Crippen molar-refractivity contribution in [1.82, 2.24) is 5.32 Å². The van der Waals surface area contributed by atoms with Gasteiger partial charge in [-0.25, -0.2) is 0 Å². The Hall–Kier alpha value is -3.48. The number of amides is 1. The Kier molecular flexibility index (Phi) is 6.39. The third-order valence-electron chi connectivity index (χ3n) is 4.97. The number of nitrogens with one attached hydrogen (secondary N) is 1. The van der Waals surface area contributed by atoms with Gasteiger partial charge in [-0.05, 0) is 18.4 Å². The highest BCUT2D eigenvalue weighted by atomic mass is 16.6. The molecule has 1 amide bonds. The standard InChI is InChI=1S/C22H22N2O5/c1-15-21(22(26)29-13-7-10-16-8-3-2-4-9-16)18(14-20(25)23-15)17-11-5-6-12-19(17)24(27)28/h2-6,8-9,11-12,18,21H,1,7,10,13-14H2,(H,23,25)/t18-,21-/m0/s1. The maximum absolute atomic E-state index is 12.8. The molecule has 0 aromatic heterocycles.